The third-order valence-electron chi connectivity index (χ3n) is 3.89. The van der Waals surface area contributed by atoms with E-state index < -0.39 is 5.97 Å². The highest BCUT2D eigenvalue weighted by Crippen LogP contribution is 2.36. The molecule has 6 heteroatoms. The van der Waals surface area contributed by atoms with E-state index in [2.05, 4.69) is 0 Å². The number of esters is 1. The first-order valence-corrected chi connectivity index (χ1v) is 7.69. The lowest BCUT2D eigenvalue weighted by atomic mass is 10.1. The molecule has 0 aromatic heterocycles. The summed E-state index contributed by atoms with van der Waals surface area (Å²) in [6.07, 6.45) is 0. The topological polar surface area (TPSA) is 71.1 Å². The molecule has 126 valence electrons. The number of ketones is 1. The SMILES string of the molecule is CC(C)=C1Oc2cc(OC(=O)c3ccc4c(c3)OCO4)ccc2C1=O. The molecule has 25 heavy (non-hydrogen) atoms. The van der Waals surface area contributed by atoms with Crippen molar-refractivity contribution in [2.45, 2.75) is 13.8 Å². The summed E-state index contributed by atoms with van der Waals surface area (Å²) in [5.74, 6) is 1.39. The van der Waals surface area contributed by atoms with Gasteiger partial charge in [0.25, 0.3) is 0 Å². The Morgan fingerprint density at radius 2 is 1.80 bits per heavy atom. The first kappa shape index (κ1) is 15.3. The molecule has 2 aromatic carbocycles. The van der Waals surface area contributed by atoms with E-state index in [0.717, 1.165) is 5.57 Å². The summed E-state index contributed by atoms with van der Waals surface area (Å²) in [5.41, 5.74) is 1.59. The van der Waals surface area contributed by atoms with Crippen LogP contribution < -0.4 is 18.9 Å². The van der Waals surface area contributed by atoms with Crippen molar-refractivity contribution < 1.29 is 28.5 Å². The minimum absolute atomic E-state index is 0.136. The summed E-state index contributed by atoms with van der Waals surface area (Å²) < 4.78 is 21.4. The van der Waals surface area contributed by atoms with Crippen LogP contribution in [-0.2, 0) is 0 Å². The van der Waals surface area contributed by atoms with Crippen LogP contribution in [0.4, 0.5) is 0 Å². The number of hydrogen-bond acceptors (Lipinski definition) is 6. The number of carbonyl (C=O) groups excluding carboxylic acids is 2. The molecule has 0 radical (unpaired) electrons. The van der Waals surface area contributed by atoms with Crippen molar-refractivity contribution in [1.29, 1.82) is 0 Å². The molecule has 0 saturated heterocycles. The van der Waals surface area contributed by atoms with E-state index >= 15 is 0 Å². The van der Waals surface area contributed by atoms with Crippen LogP contribution in [0.3, 0.4) is 0 Å². The number of hydrogen-bond donors (Lipinski definition) is 0. The monoisotopic (exact) mass is 338 g/mol. The summed E-state index contributed by atoms with van der Waals surface area (Å²) in [6.45, 7) is 3.75. The third kappa shape index (κ3) is 2.61. The van der Waals surface area contributed by atoms with Crippen molar-refractivity contribution in [3.8, 4) is 23.0 Å². The van der Waals surface area contributed by atoms with Gasteiger partial charge in [0.15, 0.2) is 17.3 Å². The van der Waals surface area contributed by atoms with Gasteiger partial charge in [-0.05, 0) is 49.8 Å². The molecule has 2 aliphatic heterocycles. The van der Waals surface area contributed by atoms with E-state index in [0.29, 0.717) is 39.9 Å². The van der Waals surface area contributed by atoms with E-state index in [-0.39, 0.29) is 12.6 Å². The molecule has 0 saturated carbocycles. The highest BCUT2D eigenvalue weighted by molar-refractivity contribution is 6.12. The third-order valence-corrected chi connectivity index (χ3v) is 3.89. The normalized spacial score (nSPS) is 14.2. The summed E-state index contributed by atoms with van der Waals surface area (Å²) in [7, 11) is 0. The molecule has 0 spiro atoms. The van der Waals surface area contributed by atoms with E-state index in [4.69, 9.17) is 18.9 Å². The molecule has 0 N–H and O–H groups in total. The fraction of sp³-hybridized carbons (Fsp3) is 0.158. The number of rotatable bonds is 2. The van der Waals surface area contributed by atoms with Crippen LogP contribution in [0.1, 0.15) is 34.6 Å². The Balaban J connectivity index is 1.57. The minimum Gasteiger partial charge on any atom is -0.454 e. The lowest BCUT2D eigenvalue weighted by Crippen LogP contribution is -2.08. The fourth-order valence-electron chi connectivity index (χ4n) is 2.64. The standard InChI is InChI=1S/C19H14O6/c1-10(2)18-17(20)13-5-4-12(8-15(13)25-18)24-19(21)11-3-6-14-16(7-11)23-9-22-14/h3-8H,9H2,1-2H3. The van der Waals surface area contributed by atoms with Crippen LogP contribution in [-0.4, -0.2) is 18.5 Å². The van der Waals surface area contributed by atoms with Crippen molar-refractivity contribution in [2.75, 3.05) is 6.79 Å². The summed E-state index contributed by atoms with van der Waals surface area (Å²) in [6, 6.07) is 9.52. The predicted molar refractivity (Wildman–Crippen MR) is 87.3 cm³/mol. The Morgan fingerprint density at radius 1 is 1.00 bits per heavy atom. The van der Waals surface area contributed by atoms with Gasteiger partial charge in [-0.2, -0.15) is 0 Å². The number of carbonyl (C=O) groups is 2. The molecule has 0 bridgehead atoms. The predicted octanol–water partition coefficient (Wildman–Crippen LogP) is 3.50. The molecule has 0 aliphatic carbocycles. The Morgan fingerprint density at radius 3 is 2.60 bits per heavy atom. The van der Waals surface area contributed by atoms with Crippen LogP contribution in [0.25, 0.3) is 0 Å². The van der Waals surface area contributed by atoms with Gasteiger partial charge in [0.2, 0.25) is 12.6 Å². The molecule has 0 unspecified atom stereocenters. The molecule has 2 heterocycles. The highest BCUT2D eigenvalue weighted by Gasteiger charge is 2.29. The zero-order valence-corrected chi connectivity index (χ0v) is 13.6. The Hall–Kier alpha value is -3.28. The summed E-state index contributed by atoms with van der Waals surface area (Å²) in [5, 5.41) is 0. The Kier molecular flexibility index (Phi) is 3.46. The minimum atomic E-state index is -0.537. The summed E-state index contributed by atoms with van der Waals surface area (Å²) in [4.78, 5) is 24.5. The van der Waals surface area contributed by atoms with Gasteiger partial charge >= 0.3 is 5.97 Å². The first-order valence-electron chi connectivity index (χ1n) is 7.69. The van der Waals surface area contributed by atoms with E-state index in [1.54, 1.807) is 44.2 Å². The van der Waals surface area contributed by atoms with E-state index in [1.165, 1.54) is 6.07 Å². The molecule has 6 nitrogen and oxygen atoms in total. The van der Waals surface area contributed by atoms with Crippen LogP contribution in [0.5, 0.6) is 23.0 Å². The fourth-order valence-corrected chi connectivity index (χ4v) is 2.64. The largest absolute Gasteiger partial charge is 0.454 e. The number of benzene rings is 2. The van der Waals surface area contributed by atoms with Gasteiger partial charge in [-0.1, -0.05) is 0 Å². The number of ether oxygens (including phenoxy) is 4. The van der Waals surface area contributed by atoms with Gasteiger partial charge in [-0.15, -0.1) is 0 Å². The molecule has 4 rings (SSSR count). The van der Waals surface area contributed by atoms with Gasteiger partial charge in [0.05, 0.1) is 11.1 Å². The molecular weight excluding hydrogens is 324 g/mol. The maximum Gasteiger partial charge on any atom is 0.343 e. The van der Waals surface area contributed by atoms with Gasteiger partial charge in [0.1, 0.15) is 11.5 Å². The van der Waals surface area contributed by atoms with Gasteiger partial charge in [-0.25, -0.2) is 4.79 Å². The van der Waals surface area contributed by atoms with E-state index in [1.807, 2.05) is 0 Å². The molecular formula is C19H14O6. The molecule has 0 fully saturated rings. The average Bonchev–Trinajstić information content (AvgIpc) is 3.18. The zero-order valence-electron chi connectivity index (χ0n) is 13.6. The first-order chi connectivity index (χ1) is 12.0. The molecule has 2 aromatic rings. The summed E-state index contributed by atoms with van der Waals surface area (Å²) >= 11 is 0. The zero-order chi connectivity index (χ0) is 17.6. The number of fused-ring (bicyclic) bond motifs is 2. The van der Waals surface area contributed by atoms with Crippen molar-refractivity contribution in [3.05, 3.63) is 58.9 Å². The van der Waals surface area contributed by atoms with Gasteiger partial charge < -0.3 is 18.9 Å². The van der Waals surface area contributed by atoms with Crippen LogP contribution >= 0.6 is 0 Å². The van der Waals surface area contributed by atoms with Crippen molar-refractivity contribution in [1.82, 2.24) is 0 Å². The quantitative estimate of drug-likeness (QED) is 0.474. The molecule has 2 aliphatic rings. The molecule has 0 atom stereocenters. The van der Waals surface area contributed by atoms with Crippen molar-refractivity contribution in [2.24, 2.45) is 0 Å². The van der Waals surface area contributed by atoms with Gasteiger partial charge in [0, 0.05) is 6.07 Å². The average molecular weight is 338 g/mol. The highest BCUT2D eigenvalue weighted by atomic mass is 16.7. The Labute approximate surface area is 143 Å². The van der Waals surface area contributed by atoms with Crippen LogP contribution in [0, 0.1) is 0 Å². The Bertz CT molecular complexity index is 937. The lowest BCUT2D eigenvalue weighted by Gasteiger charge is -2.06. The second-order valence-corrected chi connectivity index (χ2v) is 5.88. The van der Waals surface area contributed by atoms with Crippen molar-refractivity contribution >= 4 is 11.8 Å². The number of allylic oxidation sites excluding steroid dienone is 2. The number of Topliss-reactive ketones (excluding diaryl/α,β-unsaturated/α-hetero) is 1. The second kappa shape index (κ2) is 5.66. The smallest absolute Gasteiger partial charge is 0.343 e. The van der Waals surface area contributed by atoms with E-state index in [9.17, 15) is 9.59 Å². The maximum absolute atomic E-state index is 12.3. The van der Waals surface area contributed by atoms with Crippen LogP contribution in [0.15, 0.2) is 47.7 Å². The van der Waals surface area contributed by atoms with Gasteiger partial charge in [-0.3, -0.25) is 4.79 Å². The second-order valence-electron chi connectivity index (χ2n) is 5.88. The molecule has 0 amide bonds. The van der Waals surface area contributed by atoms with Crippen molar-refractivity contribution in [3.63, 3.8) is 0 Å². The van der Waals surface area contributed by atoms with Crippen LogP contribution in [0.2, 0.25) is 0 Å². The maximum atomic E-state index is 12.3. The lowest BCUT2D eigenvalue weighted by molar-refractivity contribution is 0.0734.